The average Bonchev–Trinajstić information content (AvgIpc) is 2.86. The molecular formula is C15H20N2O3. The van der Waals surface area contributed by atoms with Gasteiger partial charge in [0, 0.05) is 24.7 Å². The number of anilines is 1. The van der Waals surface area contributed by atoms with Gasteiger partial charge in [0.1, 0.15) is 0 Å². The van der Waals surface area contributed by atoms with E-state index in [0.29, 0.717) is 13.1 Å². The first-order valence-electron chi connectivity index (χ1n) is 6.93. The maximum absolute atomic E-state index is 12.4. The fourth-order valence-electron chi connectivity index (χ4n) is 2.48. The van der Waals surface area contributed by atoms with Crippen molar-refractivity contribution in [2.45, 2.75) is 20.3 Å². The van der Waals surface area contributed by atoms with Gasteiger partial charge in [-0.05, 0) is 36.7 Å². The molecule has 0 bridgehead atoms. The Hall–Kier alpha value is -1.88. The molecule has 1 heterocycles. The predicted molar refractivity (Wildman–Crippen MR) is 77.2 cm³/mol. The van der Waals surface area contributed by atoms with E-state index in [1.807, 2.05) is 13.8 Å². The molecule has 5 nitrogen and oxygen atoms in total. The lowest BCUT2D eigenvalue weighted by Gasteiger charge is -2.22. The molecule has 0 radical (unpaired) electrons. The maximum Gasteiger partial charge on any atom is 0.335 e. The number of benzene rings is 1. The molecule has 1 aliphatic rings. The zero-order valence-electron chi connectivity index (χ0n) is 11.8. The highest BCUT2D eigenvalue weighted by atomic mass is 16.4. The van der Waals surface area contributed by atoms with E-state index in [1.54, 1.807) is 23.1 Å². The number of carbonyl (C=O) groups excluding carboxylic acids is 1. The molecule has 20 heavy (non-hydrogen) atoms. The van der Waals surface area contributed by atoms with Gasteiger partial charge in [0.2, 0.25) is 5.91 Å². The molecule has 0 aromatic heterocycles. The minimum atomic E-state index is -0.932. The lowest BCUT2D eigenvalue weighted by molar-refractivity contribution is -0.121. The van der Waals surface area contributed by atoms with Crippen LogP contribution in [-0.2, 0) is 11.2 Å². The Morgan fingerprint density at radius 2 is 2.20 bits per heavy atom. The maximum atomic E-state index is 12.4. The number of carbonyl (C=O) groups is 2. The summed E-state index contributed by atoms with van der Waals surface area (Å²) in [5.74, 6) is -0.925. The molecule has 0 aliphatic carbocycles. The third kappa shape index (κ3) is 2.82. The number of nitrogens with zero attached hydrogens (tertiary/aromatic N) is 1. The smallest absolute Gasteiger partial charge is 0.335 e. The van der Waals surface area contributed by atoms with Crippen molar-refractivity contribution >= 4 is 17.6 Å². The molecule has 0 saturated heterocycles. The van der Waals surface area contributed by atoms with Crippen LogP contribution in [0.4, 0.5) is 5.69 Å². The number of rotatable bonds is 5. The van der Waals surface area contributed by atoms with Crippen LogP contribution in [0.1, 0.15) is 29.8 Å². The van der Waals surface area contributed by atoms with E-state index >= 15 is 0 Å². The van der Waals surface area contributed by atoms with Crippen molar-refractivity contribution in [3.8, 4) is 0 Å². The molecule has 2 rings (SSSR count). The van der Waals surface area contributed by atoms with Gasteiger partial charge in [0.05, 0.1) is 5.56 Å². The lowest BCUT2D eigenvalue weighted by Crippen LogP contribution is -2.38. The second kappa shape index (κ2) is 6.05. The van der Waals surface area contributed by atoms with Crippen LogP contribution >= 0.6 is 0 Å². The van der Waals surface area contributed by atoms with Crippen LogP contribution in [0.25, 0.3) is 0 Å². The zero-order valence-corrected chi connectivity index (χ0v) is 11.8. The van der Waals surface area contributed by atoms with Crippen molar-refractivity contribution in [2.24, 2.45) is 5.92 Å². The molecule has 1 amide bonds. The number of hydrogen-bond donors (Lipinski definition) is 2. The summed E-state index contributed by atoms with van der Waals surface area (Å²) in [5.41, 5.74) is 2.07. The monoisotopic (exact) mass is 276 g/mol. The fourth-order valence-corrected chi connectivity index (χ4v) is 2.48. The van der Waals surface area contributed by atoms with Crippen molar-refractivity contribution < 1.29 is 14.7 Å². The zero-order chi connectivity index (χ0) is 14.7. The number of nitrogens with one attached hydrogen (secondary N) is 1. The Bertz CT molecular complexity index is 528. The molecule has 1 aromatic rings. The Kier molecular flexibility index (Phi) is 4.39. The van der Waals surface area contributed by atoms with E-state index in [2.05, 4.69) is 5.32 Å². The number of hydrogen-bond acceptors (Lipinski definition) is 3. The first kappa shape index (κ1) is 14.5. The highest BCUT2D eigenvalue weighted by Crippen LogP contribution is 2.30. The largest absolute Gasteiger partial charge is 0.478 e. The number of fused-ring (bicyclic) bond motifs is 1. The van der Waals surface area contributed by atoms with Crippen molar-refractivity contribution in [3.05, 3.63) is 29.3 Å². The Balaban J connectivity index is 2.15. The number of carboxylic acids is 1. The molecule has 0 saturated carbocycles. The second-order valence-electron chi connectivity index (χ2n) is 5.10. The Morgan fingerprint density at radius 1 is 1.45 bits per heavy atom. The summed E-state index contributed by atoms with van der Waals surface area (Å²) in [5, 5.41) is 12.2. The van der Waals surface area contributed by atoms with Gasteiger partial charge < -0.3 is 15.3 Å². The SMILES string of the molecule is CCNCC(C)C(=O)N1CCc2cc(C(=O)O)ccc21. The number of aromatic carboxylic acids is 1. The summed E-state index contributed by atoms with van der Waals surface area (Å²) in [6.07, 6.45) is 0.718. The molecule has 1 aliphatic heterocycles. The summed E-state index contributed by atoms with van der Waals surface area (Å²) < 4.78 is 0. The van der Waals surface area contributed by atoms with Gasteiger partial charge in [-0.1, -0.05) is 13.8 Å². The van der Waals surface area contributed by atoms with E-state index in [9.17, 15) is 9.59 Å². The molecule has 1 unspecified atom stereocenters. The molecule has 0 spiro atoms. The predicted octanol–water partition coefficient (Wildman–Crippen LogP) is 1.52. The van der Waals surface area contributed by atoms with Gasteiger partial charge in [-0.3, -0.25) is 4.79 Å². The fraction of sp³-hybridized carbons (Fsp3) is 0.467. The standard InChI is InChI=1S/C15H20N2O3/c1-3-16-9-10(2)14(18)17-7-6-11-8-12(15(19)20)4-5-13(11)17/h4-5,8,10,16H,3,6-7,9H2,1-2H3,(H,19,20). The van der Waals surface area contributed by atoms with E-state index in [4.69, 9.17) is 5.11 Å². The van der Waals surface area contributed by atoms with E-state index < -0.39 is 5.97 Å². The summed E-state index contributed by atoms with van der Waals surface area (Å²) >= 11 is 0. The van der Waals surface area contributed by atoms with E-state index in [1.165, 1.54) is 0 Å². The third-order valence-corrected chi connectivity index (χ3v) is 3.61. The van der Waals surface area contributed by atoms with Crippen LogP contribution in [0.3, 0.4) is 0 Å². The lowest BCUT2D eigenvalue weighted by atomic mass is 10.1. The van der Waals surface area contributed by atoms with E-state index in [0.717, 1.165) is 24.2 Å². The molecule has 5 heteroatoms. The summed E-state index contributed by atoms with van der Waals surface area (Å²) in [4.78, 5) is 25.1. The van der Waals surface area contributed by atoms with Crippen molar-refractivity contribution in [1.29, 1.82) is 0 Å². The van der Waals surface area contributed by atoms with Crippen LogP contribution in [-0.4, -0.2) is 36.6 Å². The van der Waals surface area contributed by atoms with Crippen molar-refractivity contribution in [2.75, 3.05) is 24.5 Å². The first-order valence-corrected chi connectivity index (χ1v) is 6.93. The molecule has 108 valence electrons. The van der Waals surface area contributed by atoms with Crippen LogP contribution in [0.2, 0.25) is 0 Å². The highest BCUT2D eigenvalue weighted by molar-refractivity contribution is 5.98. The summed E-state index contributed by atoms with van der Waals surface area (Å²) in [6.45, 7) is 6.06. The van der Waals surface area contributed by atoms with Crippen molar-refractivity contribution in [1.82, 2.24) is 5.32 Å². The van der Waals surface area contributed by atoms with Crippen LogP contribution < -0.4 is 10.2 Å². The van der Waals surface area contributed by atoms with Gasteiger partial charge in [-0.15, -0.1) is 0 Å². The third-order valence-electron chi connectivity index (χ3n) is 3.61. The highest BCUT2D eigenvalue weighted by Gasteiger charge is 2.28. The van der Waals surface area contributed by atoms with Crippen LogP contribution in [0, 0.1) is 5.92 Å². The van der Waals surface area contributed by atoms with Crippen molar-refractivity contribution in [3.63, 3.8) is 0 Å². The second-order valence-corrected chi connectivity index (χ2v) is 5.10. The minimum absolute atomic E-state index is 0.0833. The van der Waals surface area contributed by atoms with Gasteiger partial charge in [-0.2, -0.15) is 0 Å². The van der Waals surface area contributed by atoms with Crippen LogP contribution in [0.5, 0.6) is 0 Å². The van der Waals surface area contributed by atoms with Crippen LogP contribution in [0.15, 0.2) is 18.2 Å². The van der Waals surface area contributed by atoms with Gasteiger partial charge >= 0.3 is 5.97 Å². The van der Waals surface area contributed by atoms with E-state index in [-0.39, 0.29) is 17.4 Å². The number of carboxylic acid groups (broad SMARTS) is 1. The molecule has 2 N–H and O–H groups in total. The molecule has 0 fully saturated rings. The summed E-state index contributed by atoms with van der Waals surface area (Å²) in [7, 11) is 0. The normalized spacial score (nSPS) is 15.0. The first-order chi connectivity index (χ1) is 9.54. The van der Waals surface area contributed by atoms with Gasteiger partial charge in [0.15, 0.2) is 0 Å². The Labute approximate surface area is 118 Å². The summed E-state index contributed by atoms with van der Waals surface area (Å²) in [6, 6.07) is 4.96. The molecular weight excluding hydrogens is 256 g/mol. The average molecular weight is 276 g/mol. The topological polar surface area (TPSA) is 69.6 Å². The quantitative estimate of drug-likeness (QED) is 0.855. The number of amides is 1. The minimum Gasteiger partial charge on any atom is -0.478 e. The van der Waals surface area contributed by atoms with Gasteiger partial charge in [0.25, 0.3) is 0 Å². The molecule has 1 aromatic carbocycles. The Morgan fingerprint density at radius 3 is 2.85 bits per heavy atom. The molecule has 1 atom stereocenters. The van der Waals surface area contributed by atoms with Gasteiger partial charge in [-0.25, -0.2) is 4.79 Å².